The first-order valence-electron chi connectivity index (χ1n) is 9.63. The molecule has 0 amide bonds. The Hall–Kier alpha value is -2.59. The highest BCUT2D eigenvalue weighted by molar-refractivity contribution is 5.74. The van der Waals surface area contributed by atoms with E-state index in [1.54, 1.807) is 6.08 Å². The highest BCUT2D eigenvalue weighted by atomic mass is 16.5. The van der Waals surface area contributed by atoms with E-state index in [2.05, 4.69) is 43.4 Å². The van der Waals surface area contributed by atoms with E-state index in [4.69, 9.17) is 9.84 Å². The predicted molar refractivity (Wildman–Crippen MR) is 117 cm³/mol. The Morgan fingerprint density at radius 3 is 2.25 bits per heavy atom. The lowest BCUT2D eigenvalue weighted by Gasteiger charge is -2.15. The van der Waals surface area contributed by atoms with E-state index >= 15 is 0 Å². The van der Waals surface area contributed by atoms with Gasteiger partial charge in [0.1, 0.15) is 19.0 Å². The zero-order valence-electron chi connectivity index (χ0n) is 17.8. The van der Waals surface area contributed by atoms with Gasteiger partial charge in [-0.2, -0.15) is 0 Å². The van der Waals surface area contributed by atoms with Crippen LogP contribution in [0, 0.1) is 13.8 Å². The lowest BCUT2D eigenvalue weighted by molar-refractivity contribution is -0.129. The Balaban J connectivity index is 0.00000133. The fourth-order valence-electron chi connectivity index (χ4n) is 2.56. The molecule has 1 N–H and O–H groups in total. The van der Waals surface area contributed by atoms with E-state index in [-0.39, 0.29) is 13.2 Å². The number of ether oxygens (including phenoxy) is 2. The van der Waals surface area contributed by atoms with Crippen LogP contribution in [0.25, 0.3) is 11.1 Å². The van der Waals surface area contributed by atoms with Crippen molar-refractivity contribution < 1.29 is 19.4 Å². The van der Waals surface area contributed by atoms with E-state index in [1.807, 2.05) is 39.0 Å². The fraction of sp³-hybridized carbons (Fsp3) is 0.375. The molecular formula is C24H34O4. The van der Waals surface area contributed by atoms with Gasteiger partial charge in [0.05, 0.1) is 0 Å². The van der Waals surface area contributed by atoms with Crippen molar-refractivity contribution >= 4 is 6.47 Å². The van der Waals surface area contributed by atoms with Crippen LogP contribution >= 0.6 is 0 Å². The average molecular weight is 387 g/mol. The molecule has 0 radical (unpaired) electrons. The highest BCUT2D eigenvalue weighted by Gasteiger charge is 2.10. The molecule has 0 unspecified atom stereocenters. The van der Waals surface area contributed by atoms with Gasteiger partial charge in [-0.05, 0) is 49.9 Å². The number of hydrogen-bond donors (Lipinski definition) is 1. The summed E-state index contributed by atoms with van der Waals surface area (Å²) in [6, 6.07) is 12.2. The van der Waals surface area contributed by atoms with Crippen molar-refractivity contribution in [3.05, 3.63) is 65.7 Å². The molecule has 0 atom stereocenters. The van der Waals surface area contributed by atoms with Gasteiger partial charge < -0.3 is 14.6 Å². The first-order valence-corrected chi connectivity index (χ1v) is 9.63. The van der Waals surface area contributed by atoms with Crippen molar-refractivity contribution in [1.82, 2.24) is 0 Å². The maximum atomic E-state index is 10.2. The van der Waals surface area contributed by atoms with Crippen molar-refractivity contribution in [3.8, 4) is 16.9 Å². The van der Waals surface area contributed by atoms with Crippen molar-refractivity contribution in [1.29, 1.82) is 0 Å². The first-order chi connectivity index (χ1) is 13.6. The second-order valence-electron chi connectivity index (χ2n) is 5.85. The van der Waals surface area contributed by atoms with Crippen molar-refractivity contribution in [3.63, 3.8) is 0 Å². The molecule has 0 saturated carbocycles. The van der Waals surface area contributed by atoms with E-state index in [9.17, 15) is 4.79 Å². The van der Waals surface area contributed by atoms with Crippen LogP contribution in [0.2, 0.25) is 0 Å². The number of carbonyl (C=O) groups is 1. The summed E-state index contributed by atoms with van der Waals surface area (Å²) in [4.78, 5) is 10.2. The summed E-state index contributed by atoms with van der Waals surface area (Å²) in [7, 11) is 0. The summed E-state index contributed by atoms with van der Waals surface area (Å²) < 4.78 is 10.5. The standard InChI is InChI=1S/C19H22O4.C3H6.C2H6/c1-14-3-5-17(15(2)11-14)18-6-4-16(7-8-20)12-19(18)23-10-9-22-13-21;1-3-2;1-2/h3-6,11-13,20H,7-10H2,1-2H3;3H,1H2,2H3;1-2H3. The third kappa shape index (κ3) is 8.87. The zero-order chi connectivity index (χ0) is 21.4. The third-order valence-electron chi connectivity index (χ3n) is 3.65. The second kappa shape index (κ2) is 15.5. The van der Waals surface area contributed by atoms with Crippen molar-refractivity contribution in [2.45, 2.75) is 41.0 Å². The molecule has 0 heterocycles. The number of benzene rings is 2. The van der Waals surface area contributed by atoms with Gasteiger partial charge in [-0.25, -0.2) is 0 Å². The summed E-state index contributed by atoms with van der Waals surface area (Å²) in [6.45, 7) is 14.4. The topological polar surface area (TPSA) is 55.8 Å². The fourth-order valence-corrected chi connectivity index (χ4v) is 2.56. The minimum Gasteiger partial charge on any atom is -0.489 e. The largest absolute Gasteiger partial charge is 0.489 e. The molecule has 0 fully saturated rings. The molecule has 0 spiro atoms. The van der Waals surface area contributed by atoms with Gasteiger partial charge >= 0.3 is 0 Å². The molecule has 4 heteroatoms. The number of rotatable bonds is 8. The summed E-state index contributed by atoms with van der Waals surface area (Å²) >= 11 is 0. The normalized spacial score (nSPS) is 9.21. The van der Waals surface area contributed by atoms with Crippen LogP contribution in [0.4, 0.5) is 0 Å². The summed E-state index contributed by atoms with van der Waals surface area (Å²) in [5.41, 5.74) is 5.50. The number of allylic oxidation sites excluding steroid dienone is 1. The molecule has 0 aromatic heterocycles. The monoisotopic (exact) mass is 386 g/mol. The highest BCUT2D eigenvalue weighted by Crippen LogP contribution is 2.33. The molecule has 28 heavy (non-hydrogen) atoms. The lowest BCUT2D eigenvalue weighted by atomic mass is 9.96. The zero-order valence-corrected chi connectivity index (χ0v) is 17.8. The summed E-state index contributed by atoms with van der Waals surface area (Å²) in [6.07, 6.45) is 2.33. The molecular weight excluding hydrogens is 352 g/mol. The molecule has 154 valence electrons. The van der Waals surface area contributed by atoms with Crippen LogP contribution < -0.4 is 4.74 Å². The van der Waals surface area contributed by atoms with Crippen LogP contribution in [-0.2, 0) is 16.0 Å². The molecule has 2 aromatic carbocycles. The maximum Gasteiger partial charge on any atom is 0.293 e. The number of aliphatic hydroxyl groups is 1. The molecule has 2 rings (SSSR count). The van der Waals surface area contributed by atoms with E-state index in [1.165, 1.54) is 11.1 Å². The minimum absolute atomic E-state index is 0.0938. The summed E-state index contributed by atoms with van der Waals surface area (Å²) in [5, 5.41) is 9.12. The third-order valence-corrected chi connectivity index (χ3v) is 3.65. The van der Waals surface area contributed by atoms with E-state index < -0.39 is 0 Å². The molecule has 0 aliphatic carbocycles. The van der Waals surface area contributed by atoms with E-state index in [0.717, 1.165) is 22.4 Å². The van der Waals surface area contributed by atoms with Gasteiger partial charge in [-0.1, -0.05) is 55.8 Å². The van der Waals surface area contributed by atoms with Crippen molar-refractivity contribution in [2.24, 2.45) is 0 Å². The maximum absolute atomic E-state index is 10.2. The van der Waals surface area contributed by atoms with Crippen LogP contribution in [0.5, 0.6) is 5.75 Å². The quantitative estimate of drug-likeness (QED) is 0.381. The Bertz CT molecular complexity index is 708. The number of hydrogen-bond acceptors (Lipinski definition) is 4. The van der Waals surface area contributed by atoms with Crippen LogP contribution in [0.3, 0.4) is 0 Å². The molecule has 0 saturated heterocycles. The van der Waals surface area contributed by atoms with Gasteiger partial charge in [0.25, 0.3) is 6.47 Å². The number of aliphatic hydroxyl groups excluding tert-OH is 1. The minimum atomic E-state index is 0.0938. The smallest absolute Gasteiger partial charge is 0.293 e. The van der Waals surface area contributed by atoms with Gasteiger partial charge in [-0.3, -0.25) is 4.79 Å². The second-order valence-corrected chi connectivity index (χ2v) is 5.85. The van der Waals surface area contributed by atoms with Gasteiger partial charge in [0.2, 0.25) is 0 Å². The van der Waals surface area contributed by atoms with E-state index in [0.29, 0.717) is 19.5 Å². The van der Waals surface area contributed by atoms with Gasteiger partial charge in [-0.15, -0.1) is 6.58 Å². The SMILES string of the molecule is C=CC.CC.Cc1ccc(-c2ccc(CCO)cc2OCCOC=O)c(C)c1. The Kier molecular flexibility index (Phi) is 14.0. The van der Waals surface area contributed by atoms with Crippen LogP contribution in [0.15, 0.2) is 49.1 Å². The summed E-state index contributed by atoms with van der Waals surface area (Å²) in [5.74, 6) is 0.734. The Morgan fingerprint density at radius 2 is 1.68 bits per heavy atom. The first kappa shape index (κ1) is 25.4. The van der Waals surface area contributed by atoms with Crippen LogP contribution in [0.1, 0.15) is 37.5 Å². The molecule has 2 aromatic rings. The molecule has 0 bridgehead atoms. The molecule has 0 aliphatic heterocycles. The predicted octanol–water partition coefficient (Wildman–Crippen LogP) is 5.28. The number of carbonyl (C=O) groups excluding carboxylic acids is 1. The number of aryl methyl sites for hydroxylation is 2. The van der Waals surface area contributed by atoms with Gasteiger partial charge in [0, 0.05) is 12.2 Å². The lowest BCUT2D eigenvalue weighted by Crippen LogP contribution is -2.07. The van der Waals surface area contributed by atoms with Crippen molar-refractivity contribution in [2.75, 3.05) is 19.8 Å². The molecule has 0 aliphatic rings. The Morgan fingerprint density at radius 1 is 1.04 bits per heavy atom. The van der Waals surface area contributed by atoms with Gasteiger partial charge in [0.15, 0.2) is 0 Å². The average Bonchev–Trinajstić information content (AvgIpc) is 2.68. The molecule has 4 nitrogen and oxygen atoms in total. The Labute approximate surface area is 169 Å². The van der Waals surface area contributed by atoms with Crippen LogP contribution in [-0.4, -0.2) is 31.4 Å².